The highest BCUT2D eigenvalue weighted by Crippen LogP contribution is 2.35. The molecule has 1 aliphatic heterocycles. The average Bonchev–Trinajstić information content (AvgIpc) is 2.66. The van der Waals surface area contributed by atoms with E-state index in [0.29, 0.717) is 18.0 Å². The van der Waals surface area contributed by atoms with E-state index in [4.69, 9.17) is 11.6 Å². The van der Waals surface area contributed by atoms with Crippen molar-refractivity contribution in [3.05, 3.63) is 70.7 Å². The molecule has 4 nitrogen and oxygen atoms in total. The largest absolute Gasteiger partial charge is 0.354 e. The van der Waals surface area contributed by atoms with Crippen LogP contribution in [0.1, 0.15) is 29.2 Å². The van der Waals surface area contributed by atoms with E-state index in [9.17, 15) is 9.59 Å². The zero-order valence-corrected chi connectivity index (χ0v) is 15.9. The van der Waals surface area contributed by atoms with Gasteiger partial charge < -0.3 is 10.6 Å². The van der Waals surface area contributed by atoms with Crippen LogP contribution in [0.2, 0.25) is 5.02 Å². The first-order chi connectivity index (χ1) is 12.6. The first-order valence-corrected chi connectivity index (χ1v) is 10.1. The van der Waals surface area contributed by atoms with Gasteiger partial charge in [0.1, 0.15) is 6.04 Å². The molecule has 1 heterocycles. The monoisotopic (exact) mass is 388 g/mol. The second-order valence-electron chi connectivity index (χ2n) is 6.21. The van der Waals surface area contributed by atoms with Gasteiger partial charge in [-0.25, -0.2) is 0 Å². The van der Waals surface area contributed by atoms with E-state index in [1.54, 1.807) is 11.8 Å². The summed E-state index contributed by atoms with van der Waals surface area (Å²) < 4.78 is 0. The summed E-state index contributed by atoms with van der Waals surface area (Å²) in [7, 11) is 0. The number of thioether (sulfide) groups is 1. The molecule has 0 spiro atoms. The molecule has 0 aliphatic carbocycles. The van der Waals surface area contributed by atoms with Gasteiger partial charge in [-0.3, -0.25) is 9.59 Å². The van der Waals surface area contributed by atoms with Crippen LogP contribution in [0.3, 0.4) is 0 Å². The molecule has 2 atom stereocenters. The third-order valence-electron chi connectivity index (χ3n) is 4.28. The first kappa shape index (κ1) is 18.8. The summed E-state index contributed by atoms with van der Waals surface area (Å²) in [6, 6.07) is 17.3. The van der Waals surface area contributed by atoms with E-state index in [1.807, 2.05) is 42.5 Å². The summed E-state index contributed by atoms with van der Waals surface area (Å²) in [5, 5.41) is 6.34. The highest BCUT2D eigenvalue weighted by atomic mass is 35.5. The molecular weight excluding hydrogens is 368 g/mol. The van der Waals surface area contributed by atoms with Crippen LogP contribution in [0.15, 0.2) is 54.6 Å². The Balaban J connectivity index is 1.67. The lowest BCUT2D eigenvalue weighted by atomic mass is 10.0. The number of nitrogens with one attached hydrogen (secondary N) is 2. The van der Waals surface area contributed by atoms with Crippen LogP contribution in [0.5, 0.6) is 0 Å². The van der Waals surface area contributed by atoms with Crippen LogP contribution in [-0.4, -0.2) is 30.2 Å². The molecule has 1 saturated heterocycles. The lowest BCUT2D eigenvalue weighted by Crippen LogP contribution is -2.50. The summed E-state index contributed by atoms with van der Waals surface area (Å²) in [4.78, 5) is 24.1. The number of halogens is 1. The number of rotatable bonds is 6. The number of piperidine rings is 1. The Labute approximate surface area is 162 Å². The quantitative estimate of drug-likeness (QED) is 0.795. The van der Waals surface area contributed by atoms with E-state index < -0.39 is 6.04 Å². The van der Waals surface area contributed by atoms with Gasteiger partial charge in [-0.1, -0.05) is 54.1 Å². The van der Waals surface area contributed by atoms with Gasteiger partial charge >= 0.3 is 0 Å². The van der Waals surface area contributed by atoms with Crippen molar-refractivity contribution < 1.29 is 9.59 Å². The number of benzene rings is 2. The molecule has 0 aromatic heterocycles. The number of carbonyl (C=O) groups is 2. The molecule has 2 aromatic carbocycles. The van der Waals surface area contributed by atoms with Crippen molar-refractivity contribution in [2.75, 3.05) is 12.3 Å². The Hall–Kier alpha value is -1.98. The van der Waals surface area contributed by atoms with Crippen molar-refractivity contribution in [1.82, 2.24) is 10.6 Å². The summed E-state index contributed by atoms with van der Waals surface area (Å²) in [5.41, 5.74) is 2.22. The van der Waals surface area contributed by atoms with E-state index in [2.05, 4.69) is 22.8 Å². The summed E-state index contributed by atoms with van der Waals surface area (Å²) >= 11 is 7.55. The molecule has 3 rings (SSSR count). The highest BCUT2D eigenvalue weighted by Gasteiger charge is 2.24. The topological polar surface area (TPSA) is 58.2 Å². The van der Waals surface area contributed by atoms with Crippen LogP contribution >= 0.6 is 23.4 Å². The van der Waals surface area contributed by atoms with Crippen molar-refractivity contribution >= 4 is 35.2 Å². The molecule has 136 valence electrons. The fourth-order valence-corrected chi connectivity index (χ4v) is 4.18. The van der Waals surface area contributed by atoms with Gasteiger partial charge in [0.05, 0.1) is 11.0 Å². The second kappa shape index (κ2) is 9.10. The predicted octanol–water partition coefficient (Wildman–Crippen LogP) is 3.56. The summed E-state index contributed by atoms with van der Waals surface area (Å²) in [6.45, 7) is 0.687. The van der Waals surface area contributed by atoms with Crippen molar-refractivity contribution in [3.8, 4) is 0 Å². The van der Waals surface area contributed by atoms with E-state index in [0.717, 1.165) is 17.5 Å². The minimum absolute atomic E-state index is 0.0272. The second-order valence-corrected chi connectivity index (χ2v) is 7.74. The van der Waals surface area contributed by atoms with E-state index in [1.165, 1.54) is 0 Å². The van der Waals surface area contributed by atoms with Gasteiger partial charge in [0, 0.05) is 11.6 Å². The molecular formula is C20H21ClN2O2S. The zero-order valence-electron chi connectivity index (χ0n) is 14.3. The molecule has 2 N–H and O–H groups in total. The summed E-state index contributed by atoms with van der Waals surface area (Å²) in [6.07, 6.45) is 1.59. The third kappa shape index (κ3) is 5.02. The van der Waals surface area contributed by atoms with Gasteiger partial charge in [0.15, 0.2) is 0 Å². The van der Waals surface area contributed by atoms with Gasteiger partial charge in [-0.05, 0) is 36.1 Å². The maximum atomic E-state index is 12.3. The first-order valence-electron chi connectivity index (χ1n) is 8.62. The number of hydrogen-bond donors (Lipinski definition) is 2. The minimum Gasteiger partial charge on any atom is -0.354 e. The Morgan fingerprint density at radius 3 is 2.54 bits per heavy atom. The summed E-state index contributed by atoms with van der Waals surface area (Å²) in [5.74, 6) is 0.0743. The molecule has 6 heteroatoms. The molecule has 1 aliphatic rings. The molecule has 0 bridgehead atoms. The normalized spacial score (nSPS) is 18.0. The number of hydrogen-bond acceptors (Lipinski definition) is 3. The van der Waals surface area contributed by atoms with Crippen molar-refractivity contribution in [1.29, 1.82) is 0 Å². The van der Waals surface area contributed by atoms with Crippen molar-refractivity contribution in [3.63, 3.8) is 0 Å². The molecule has 0 saturated carbocycles. The molecule has 0 radical (unpaired) electrons. The minimum atomic E-state index is -0.414. The van der Waals surface area contributed by atoms with Crippen LogP contribution in [-0.2, 0) is 9.59 Å². The van der Waals surface area contributed by atoms with Crippen molar-refractivity contribution in [2.45, 2.75) is 24.1 Å². The van der Waals surface area contributed by atoms with Gasteiger partial charge in [0.25, 0.3) is 0 Å². The number of carbonyl (C=O) groups excluding carboxylic acids is 2. The smallest absolute Gasteiger partial charge is 0.242 e. The van der Waals surface area contributed by atoms with E-state index >= 15 is 0 Å². The van der Waals surface area contributed by atoms with Gasteiger partial charge in [-0.15, -0.1) is 11.8 Å². The van der Waals surface area contributed by atoms with Gasteiger partial charge in [0.2, 0.25) is 11.8 Å². The lowest BCUT2D eigenvalue weighted by Gasteiger charge is -2.23. The standard InChI is InChI=1S/C20H21ClN2O2S/c21-16-10-8-15(9-11-16)19(14-5-2-1-3-6-14)26-13-18(24)23-17-7-4-12-22-20(17)25/h1-3,5-6,8-11,17,19H,4,7,12-13H2,(H,22,25)(H,23,24). The van der Waals surface area contributed by atoms with Crippen LogP contribution in [0.25, 0.3) is 0 Å². The average molecular weight is 389 g/mol. The van der Waals surface area contributed by atoms with Gasteiger partial charge in [-0.2, -0.15) is 0 Å². The lowest BCUT2D eigenvalue weighted by molar-refractivity contribution is -0.129. The molecule has 1 fully saturated rings. The Morgan fingerprint density at radius 2 is 1.85 bits per heavy atom. The fraction of sp³-hybridized carbons (Fsp3) is 0.300. The maximum absolute atomic E-state index is 12.3. The molecule has 2 amide bonds. The van der Waals surface area contributed by atoms with E-state index in [-0.39, 0.29) is 22.8 Å². The molecule has 26 heavy (non-hydrogen) atoms. The Morgan fingerprint density at radius 1 is 1.15 bits per heavy atom. The van der Waals surface area contributed by atoms with Crippen LogP contribution in [0.4, 0.5) is 0 Å². The fourth-order valence-electron chi connectivity index (χ4n) is 2.96. The zero-order chi connectivity index (χ0) is 18.4. The molecule has 2 aromatic rings. The number of amides is 2. The van der Waals surface area contributed by atoms with Crippen LogP contribution < -0.4 is 10.6 Å². The Kier molecular flexibility index (Phi) is 6.58. The predicted molar refractivity (Wildman–Crippen MR) is 106 cm³/mol. The SMILES string of the molecule is O=C(CSC(c1ccccc1)c1ccc(Cl)cc1)NC1CCCNC1=O. The highest BCUT2D eigenvalue weighted by molar-refractivity contribution is 8.00. The van der Waals surface area contributed by atoms with Crippen molar-refractivity contribution in [2.24, 2.45) is 0 Å². The molecule has 2 unspecified atom stereocenters. The van der Waals surface area contributed by atoms with Crippen LogP contribution in [0, 0.1) is 0 Å². The maximum Gasteiger partial charge on any atom is 0.242 e. The Bertz CT molecular complexity index is 752. The third-order valence-corrected chi connectivity index (χ3v) is 5.84.